The van der Waals surface area contributed by atoms with Crippen LogP contribution in [0.3, 0.4) is 0 Å². The van der Waals surface area contributed by atoms with Gasteiger partial charge >= 0.3 is 5.97 Å². The van der Waals surface area contributed by atoms with Crippen LogP contribution in [0.25, 0.3) is 17.0 Å². The summed E-state index contributed by atoms with van der Waals surface area (Å²) in [6.07, 6.45) is 1.81. The van der Waals surface area contributed by atoms with Crippen molar-refractivity contribution in [2.24, 2.45) is 0 Å². The number of pyridine rings is 1. The lowest BCUT2D eigenvalue weighted by molar-refractivity contribution is 0.0697. The lowest BCUT2D eigenvalue weighted by Crippen LogP contribution is -1.99. The molecule has 0 aliphatic carbocycles. The minimum atomic E-state index is -0.981. The highest BCUT2D eigenvalue weighted by molar-refractivity contribution is 5.95. The van der Waals surface area contributed by atoms with E-state index in [4.69, 9.17) is 0 Å². The van der Waals surface area contributed by atoms with E-state index in [1.54, 1.807) is 28.8 Å². The van der Waals surface area contributed by atoms with E-state index < -0.39 is 5.97 Å². The number of nitrogens with zero attached hydrogens (tertiary/aromatic N) is 3. The standard InChI is InChI=1S/C14H11N3O2/c1-9-6-7-17-12(8-9)15-13(16-17)10-4-2-3-5-11(10)14(18)19/h2-8H,1H3,(H,18,19). The lowest BCUT2D eigenvalue weighted by Gasteiger charge is -2.00. The van der Waals surface area contributed by atoms with Gasteiger partial charge in [-0.3, -0.25) is 0 Å². The molecule has 19 heavy (non-hydrogen) atoms. The van der Waals surface area contributed by atoms with Crippen LogP contribution in [0, 0.1) is 6.92 Å². The summed E-state index contributed by atoms with van der Waals surface area (Å²) in [4.78, 5) is 15.6. The fourth-order valence-electron chi connectivity index (χ4n) is 1.96. The first-order chi connectivity index (χ1) is 9.15. The second-order valence-electron chi connectivity index (χ2n) is 4.29. The molecule has 1 N–H and O–H groups in total. The van der Waals surface area contributed by atoms with Crippen LogP contribution >= 0.6 is 0 Å². The van der Waals surface area contributed by atoms with E-state index in [-0.39, 0.29) is 5.56 Å². The maximum atomic E-state index is 11.2. The predicted octanol–water partition coefficient (Wildman–Crippen LogP) is 2.40. The summed E-state index contributed by atoms with van der Waals surface area (Å²) in [5, 5.41) is 13.5. The van der Waals surface area contributed by atoms with Crippen LogP contribution in [0.4, 0.5) is 0 Å². The van der Waals surface area contributed by atoms with Crippen molar-refractivity contribution in [2.45, 2.75) is 6.92 Å². The predicted molar refractivity (Wildman–Crippen MR) is 70.1 cm³/mol. The lowest BCUT2D eigenvalue weighted by atomic mass is 10.1. The summed E-state index contributed by atoms with van der Waals surface area (Å²) in [6.45, 7) is 1.97. The number of hydrogen-bond donors (Lipinski definition) is 1. The third-order valence-electron chi connectivity index (χ3n) is 2.89. The Labute approximate surface area is 109 Å². The molecule has 0 atom stereocenters. The number of carboxylic acids is 1. The topological polar surface area (TPSA) is 67.5 Å². The van der Waals surface area contributed by atoms with Gasteiger partial charge < -0.3 is 5.11 Å². The number of aryl methyl sites for hydroxylation is 1. The molecule has 0 amide bonds. The molecule has 0 saturated carbocycles. The Kier molecular flexibility index (Phi) is 2.52. The van der Waals surface area contributed by atoms with Crippen molar-refractivity contribution in [1.29, 1.82) is 0 Å². The van der Waals surface area contributed by atoms with Gasteiger partial charge in [-0.15, -0.1) is 5.10 Å². The quantitative estimate of drug-likeness (QED) is 0.761. The van der Waals surface area contributed by atoms with Gasteiger partial charge in [0, 0.05) is 11.8 Å². The molecule has 0 aliphatic heterocycles. The highest BCUT2D eigenvalue weighted by atomic mass is 16.4. The molecule has 3 aromatic rings. The minimum absolute atomic E-state index is 0.204. The van der Waals surface area contributed by atoms with Gasteiger partial charge in [-0.1, -0.05) is 18.2 Å². The van der Waals surface area contributed by atoms with Crippen molar-refractivity contribution in [1.82, 2.24) is 14.6 Å². The summed E-state index contributed by atoms with van der Waals surface area (Å²) in [5.74, 6) is -0.561. The van der Waals surface area contributed by atoms with Crippen molar-refractivity contribution < 1.29 is 9.90 Å². The maximum absolute atomic E-state index is 11.2. The zero-order chi connectivity index (χ0) is 13.4. The van der Waals surface area contributed by atoms with Gasteiger partial charge in [-0.05, 0) is 30.7 Å². The van der Waals surface area contributed by atoms with Crippen molar-refractivity contribution in [3.05, 3.63) is 53.7 Å². The number of aromatic nitrogens is 3. The van der Waals surface area contributed by atoms with Gasteiger partial charge in [-0.25, -0.2) is 14.3 Å². The van der Waals surface area contributed by atoms with Crippen molar-refractivity contribution in [3.63, 3.8) is 0 Å². The third kappa shape index (κ3) is 1.95. The molecule has 2 heterocycles. The summed E-state index contributed by atoms with van der Waals surface area (Å²) >= 11 is 0. The number of benzene rings is 1. The van der Waals surface area contributed by atoms with Crippen molar-refractivity contribution in [2.75, 3.05) is 0 Å². The van der Waals surface area contributed by atoms with Gasteiger partial charge in [0.2, 0.25) is 0 Å². The Balaban J connectivity index is 2.22. The van der Waals surface area contributed by atoms with E-state index in [1.807, 2.05) is 25.3 Å². The number of carboxylic acid groups (broad SMARTS) is 1. The van der Waals surface area contributed by atoms with E-state index in [0.717, 1.165) is 5.56 Å². The molecular weight excluding hydrogens is 242 g/mol. The molecule has 0 fully saturated rings. The number of fused-ring (bicyclic) bond motifs is 1. The molecule has 0 spiro atoms. The number of aromatic carboxylic acids is 1. The molecule has 0 saturated heterocycles. The van der Waals surface area contributed by atoms with Gasteiger partial charge in [-0.2, -0.15) is 0 Å². The minimum Gasteiger partial charge on any atom is -0.478 e. The highest BCUT2D eigenvalue weighted by Gasteiger charge is 2.14. The van der Waals surface area contributed by atoms with Crippen molar-refractivity contribution >= 4 is 11.6 Å². The van der Waals surface area contributed by atoms with E-state index in [9.17, 15) is 9.90 Å². The van der Waals surface area contributed by atoms with Gasteiger partial charge in [0.15, 0.2) is 11.5 Å². The molecule has 0 bridgehead atoms. The number of hydrogen-bond acceptors (Lipinski definition) is 3. The molecule has 2 aromatic heterocycles. The van der Waals surface area contributed by atoms with Crippen LogP contribution in [-0.2, 0) is 0 Å². The molecule has 3 rings (SSSR count). The fourth-order valence-corrected chi connectivity index (χ4v) is 1.96. The largest absolute Gasteiger partial charge is 0.478 e. The molecular formula is C14H11N3O2. The normalized spacial score (nSPS) is 10.8. The Morgan fingerprint density at radius 3 is 2.84 bits per heavy atom. The smallest absolute Gasteiger partial charge is 0.336 e. The Morgan fingerprint density at radius 1 is 1.26 bits per heavy atom. The SMILES string of the molecule is Cc1ccn2nc(-c3ccccc3C(=O)O)nc2c1. The summed E-state index contributed by atoms with van der Waals surface area (Å²) in [5.41, 5.74) is 2.51. The Bertz CT molecular complexity index is 777. The molecule has 94 valence electrons. The zero-order valence-corrected chi connectivity index (χ0v) is 10.2. The monoisotopic (exact) mass is 253 g/mol. The second kappa shape index (κ2) is 4.20. The first-order valence-electron chi connectivity index (χ1n) is 5.81. The summed E-state index contributed by atoms with van der Waals surface area (Å²) in [7, 11) is 0. The van der Waals surface area contributed by atoms with E-state index in [1.165, 1.54) is 0 Å². The van der Waals surface area contributed by atoms with Crippen LogP contribution in [0.2, 0.25) is 0 Å². The van der Waals surface area contributed by atoms with Crippen LogP contribution in [0.15, 0.2) is 42.6 Å². The first kappa shape index (κ1) is 11.4. The van der Waals surface area contributed by atoms with Crippen molar-refractivity contribution in [3.8, 4) is 11.4 Å². The van der Waals surface area contributed by atoms with E-state index in [2.05, 4.69) is 10.1 Å². The van der Waals surface area contributed by atoms with Gasteiger partial charge in [0.1, 0.15) is 0 Å². The Hall–Kier alpha value is -2.69. The fraction of sp³-hybridized carbons (Fsp3) is 0.0714. The third-order valence-corrected chi connectivity index (χ3v) is 2.89. The molecule has 0 unspecified atom stereocenters. The molecule has 5 nitrogen and oxygen atoms in total. The average Bonchev–Trinajstić information content (AvgIpc) is 2.81. The summed E-state index contributed by atoms with van der Waals surface area (Å²) in [6, 6.07) is 10.6. The highest BCUT2D eigenvalue weighted by Crippen LogP contribution is 2.21. The summed E-state index contributed by atoms with van der Waals surface area (Å²) < 4.78 is 1.64. The first-order valence-corrected chi connectivity index (χ1v) is 5.81. The molecule has 5 heteroatoms. The van der Waals surface area contributed by atoms with E-state index in [0.29, 0.717) is 17.0 Å². The Morgan fingerprint density at radius 2 is 2.05 bits per heavy atom. The van der Waals surface area contributed by atoms with Crippen LogP contribution in [-0.4, -0.2) is 25.7 Å². The maximum Gasteiger partial charge on any atom is 0.336 e. The number of rotatable bonds is 2. The molecule has 0 aliphatic rings. The molecule has 1 aromatic carbocycles. The second-order valence-corrected chi connectivity index (χ2v) is 4.29. The number of carbonyl (C=O) groups is 1. The van der Waals surface area contributed by atoms with Crippen LogP contribution in [0.5, 0.6) is 0 Å². The van der Waals surface area contributed by atoms with E-state index >= 15 is 0 Å². The van der Waals surface area contributed by atoms with Crippen LogP contribution in [0.1, 0.15) is 15.9 Å². The average molecular weight is 253 g/mol. The van der Waals surface area contributed by atoms with Gasteiger partial charge in [0.25, 0.3) is 0 Å². The molecule has 0 radical (unpaired) electrons. The van der Waals surface area contributed by atoms with Crippen LogP contribution < -0.4 is 0 Å². The zero-order valence-electron chi connectivity index (χ0n) is 10.2. The van der Waals surface area contributed by atoms with Gasteiger partial charge in [0.05, 0.1) is 5.56 Å².